The lowest BCUT2D eigenvalue weighted by Gasteiger charge is -2.18. The molecule has 6 heteroatoms. The maximum Gasteiger partial charge on any atom is 0.326 e. The van der Waals surface area contributed by atoms with Gasteiger partial charge in [-0.2, -0.15) is 0 Å². The molecule has 15 heavy (non-hydrogen) atoms. The topological polar surface area (TPSA) is 78.4 Å². The molecule has 0 aliphatic carbocycles. The summed E-state index contributed by atoms with van der Waals surface area (Å²) in [6, 6.07) is -1.40. The molecule has 0 aromatic heterocycles. The summed E-state index contributed by atoms with van der Waals surface area (Å²) in [6.45, 7) is 7.24. The molecule has 1 unspecified atom stereocenters. The Morgan fingerprint density at radius 2 is 2.00 bits per heavy atom. The van der Waals surface area contributed by atoms with Crippen molar-refractivity contribution in [2.24, 2.45) is 5.92 Å². The van der Waals surface area contributed by atoms with Crippen LogP contribution >= 0.6 is 15.9 Å². The monoisotopic (exact) mass is 278 g/mol. The van der Waals surface area contributed by atoms with Crippen LogP contribution in [0.3, 0.4) is 0 Å². The zero-order chi connectivity index (χ0) is 12.0. The van der Waals surface area contributed by atoms with E-state index in [1.807, 2.05) is 0 Å². The molecule has 0 heterocycles. The zero-order valence-electron chi connectivity index (χ0n) is 8.71. The average Bonchev–Trinajstić information content (AvgIpc) is 2.09. The fourth-order valence-corrected chi connectivity index (χ4v) is 1.02. The second-order valence-electron chi connectivity index (χ2n) is 3.40. The number of amides is 2. The van der Waals surface area contributed by atoms with Crippen LogP contribution in [0.1, 0.15) is 13.8 Å². The summed E-state index contributed by atoms with van der Waals surface area (Å²) >= 11 is 3.07. The fraction of sp³-hybridized carbons (Fsp3) is 0.556. The number of carboxylic acid groups (broad SMARTS) is 1. The summed E-state index contributed by atoms with van der Waals surface area (Å²) in [5.41, 5.74) is 0. The van der Waals surface area contributed by atoms with Crippen molar-refractivity contribution in [3.05, 3.63) is 11.1 Å². The molecule has 86 valence electrons. The van der Waals surface area contributed by atoms with Gasteiger partial charge in [0.15, 0.2) is 0 Å². The first kappa shape index (κ1) is 14.0. The van der Waals surface area contributed by atoms with Gasteiger partial charge in [-0.25, -0.2) is 9.59 Å². The van der Waals surface area contributed by atoms with Gasteiger partial charge in [0, 0.05) is 4.48 Å². The van der Waals surface area contributed by atoms with E-state index in [2.05, 4.69) is 33.1 Å². The fourth-order valence-electron chi connectivity index (χ4n) is 0.882. The first-order valence-electron chi connectivity index (χ1n) is 4.45. The summed E-state index contributed by atoms with van der Waals surface area (Å²) in [5, 5.41) is 13.6. The molecule has 0 aliphatic rings. The van der Waals surface area contributed by atoms with Gasteiger partial charge in [-0.05, 0) is 5.92 Å². The molecular formula is C9H15BrN2O3. The Labute approximate surface area is 97.1 Å². The number of hydrogen-bond donors (Lipinski definition) is 3. The van der Waals surface area contributed by atoms with Crippen LogP contribution in [0.5, 0.6) is 0 Å². The highest BCUT2D eigenvalue weighted by atomic mass is 79.9. The summed E-state index contributed by atoms with van der Waals surface area (Å²) in [7, 11) is 0. The van der Waals surface area contributed by atoms with Crippen LogP contribution in [0.4, 0.5) is 4.79 Å². The second kappa shape index (κ2) is 6.44. The van der Waals surface area contributed by atoms with Gasteiger partial charge < -0.3 is 15.7 Å². The van der Waals surface area contributed by atoms with Crippen LogP contribution in [-0.2, 0) is 4.79 Å². The number of rotatable bonds is 5. The predicted molar refractivity (Wildman–Crippen MR) is 60.9 cm³/mol. The summed E-state index contributed by atoms with van der Waals surface area (Å²) in [6.07, 6.45) is 0. The molecule has 0 radical (unpaired) electrons. The molecule has 0 rings (SSSR count). The molecule has 0 aliphatic heterocycles. The Morgan fingerprint density at radius 1 is 1.47 bits per heavy atom. The van der Waals surface area contributed by atoms with Gasteiger partial charge in [-0.3, -0.25) is 0 Å². The van der Waals surface area contributed by atoms with E-state index in [0.29, 0.717) is 4.48 Å². The van der Waals surface area contributed by atoms with E-state index in [0.717, 1.165) is 0 Å². The van der Waals surface area contributed by atoms with E-state index in [1.54, 1.807) is 13.8 Å². The molecule has 0 saturated carbocycles. The number of carboxylic acids is 1. The Balaban J connectivity index is 4.12. The standard InChI is InChI=1S/C9H15BrN2O3/c1-5(2)7(8(13)14)12-9(15)11-4-6(3)10/h5,7H,3-4H2,1-2H3,(H,13,14)(H2,11,12,15). The minimum atomic E-state index is -1.04. The minimum Gasteiger partial charge on any atom is -0.480 e. The molecule has 5 nitrogen and oxygen atoms in total. The van der Waals surface area contributed by atoms with Crippen LogP contribution in [0, 0.1) is 5.92 Å². The molecule has 0 fully saturated rings. The van der Waals surface area contributed by atoms with Crippen molar-refractivity contribution < 1.29 is 14.7 Å². The van der Waals surface area contributed by atoms with Gasteiger partial charge in [0.1, 0.15) is 6.04 Å². The normalized spacial score (nSPS) is 12.0. The van der Waals surface area contributed by atoms with Crippen LogP contribution in [0.2, 0.25) is 0 Å². The summed E-state index contributed by atoms with van der Waals surface area (Å²) in [5.74, 6) is -1.21. The van der Waals surface area contributed by atoms with Crippen LogP contribution in [0.25, 0.3) is 0 Å². The Kier molecular flexibility index (Phi) is 6.00. The number of urea groups is 1. The van der Waals surface area contributed by atoms with Crippen LogP contribution in [-0.4, -0.2) is 29.7 Å². The number of carbonyl (C=O) groups is 2. The molecule has 0 aromatic carbocycles. The quantitative estimate of drug-likeness (QED) is 0.709. The van der Waals surface area contributed by atoms with Crippen molar-refractivity contribution in [3.63, 3.8) is 0 Å². The smallest absolute Gasteiger partial charge is 0.326 e. The Bertz CT molecular complexity index is 266. The van der Waals surface area contributed by atoms with Crippen molar-refractivity contribution in [2.75, 3.05) is 6.54 Å². The molecule has 3 N–H and O–H groups in total. The average molecular weight is 279 g/mol. The van der Waals surface area contributed by atoms with Gasteiger partial charge in [0.05, 0.1) is 6.54 Å². The lowest BCUT2D eigenvalue weighted by atomic mass is 10.1. The highest BCUT2D eigenvalue weighted by Crippen LogP contribution is 2.01. The third-order valence-electron chi connectivity index (χ3n) is 1.66. The lowest BCUT2D eigenvalue weighted by molar-refractivity contribution is -0.140. The van der Waals surface area contributed by atoms with E-state index in [4.69, 9.17) is 5.11 Å². The highest BCUT2D eigenvalue weighted by molar-refractivity contribution is 9.11. The van der Waals surface area contributed by atoms with E-state index in [-0.39, 0.29) is 12.5 Å². The molecular weight excluding hydrogens is 264 g/mol. The van der Waals surface area contributed by atoms with E-state index < -0.39 is 18.0 Å². The van der Waals surface area contributed by atoms with Crippen LogP contribution in [0.15, 0.2) is 11.1 Å². The molecule has 1 atom stereocenters. The van der Waals surface area contributed by atoms with Gasteiger partial charge in [0.2, 0.25) is 0 Å². The van der Waals surface area contributed by atoms with Gasteiger partial charge in [-0.1, -0.05) is 36.4 Å². The summed E-state index contributed by atoms with van der Waals surface area (Å²) < 4.78 is 0.620. The van der Waals surface area contributed by atoms with Gasteiger partial charge in [0.25, 0.3) is 0 Å². The molecule has 0 aromatic rings. The SMILES string of the molecule is C=C(Br)CNC(=O)NC(C(=O)O)C(C)C. The van der Waals surface area contributed by atoms with Crippen molar-refractivity contribution >= 4 is 27.9 Å². The Hall–Kier alpha value is -1.04. The minimum absolute atomic E-state index is 0.166. The lowest BCUT2D eigenvalue weighted by Crippen LogP contribution is -2.48. The number of aliphatic carboxylic acids is 1. The van der Waals surface area contributed by atoms with E-state index in [1.165, 1.54) is 0 Å². The molecule has 0 saturated heterocycles. The molecule has 0 spiro atoms. The largest absolute Gasteiger partial charge is 0.480 e. The van der Waals surface area contributed by atoms with Crippen molar-refractivity contribution in [1.82, 2.24) is 10.6 Å². The zero-order valence-corrected chi connectivity index (χ0v) is 10.3. The van der Waals surface area contributed by atoms with Crippen molar-refractivity contribution in [3.8, 4) is 0 Å². The second-order valence-corrected chi connectivity index (χ2v) is 4.53. The first-order valence-corrected chi connectivity index (χ1v) is 5.24. The van der Waals surface area contributed by atoms with E-state index in [9.17, 15) is 9.59 Å². The molecule has 0 bridgehead atoms. The van der Waals surface area contributed by atoms with Gasteiger partial charge in [-0.15, -0.1) is 0 Å². The predicted octanol–water partition coefficient (Wildman–Crippen LogP) is 1.30. The van der Waals surface area contributed by atoms with Crippen molar-refractivity contribution in [1.29, 1.82) is 0 Å². The number of nitrogens with one attached hydrogen (secondary N) is 2. The highest BCUT2D eigenvalue weighted by Gasteiger charge is 2.22. The van der Waals surface area contributed by atoms with Gasteiger partial charge >= 0.3 is 12.0 Å². The maximum absolute atomic E-state index is 11.2. The third-order valence-corrected chi connectivity index (χ3v) is 1.94. The number of carbonyl (C=O) groups excluding carboxylic acids is 1. The van der Waals surface area contributed by atoms with Crippen molar-refractivity contribution in [2.45, 2.75) is 19.9 Å². The number of halogens is 1. The Morgan fingerprint density at radius 3 is 2.33 bits per heavy atom. The molecule has 2 amide bonds. The van der Waals surface area contributed by atoms with E-state index >= 15 is 0 Å². The first-order chi connectivity index (χ1) is 6.84. The number of hydrogen-bond acceptors (Lipinski definition) is 2. The summed E-state index contributed by atoms with van der Waals surface area (Å²) in [4.78, 5) is 22.0. The van der Waals surface area contributed by atoms with Crippen LogP contribution < -0.4 is 10.6 Å². The third kappa shape index (κ3) is 6.11. The maximum atomic E-state index is 11.2.